The van der Waals surface area contributed by atoms with Gasteiger partial charge in [0.25, 0.3) is 0 Å². The maximum absolute atomic E-state index is 11.3. The van der Waals surface area contributed by atoms with Gasteiger partial charge in [0.15, 0.2) is 0 Å². The number of rotatable bonds is 6. The summed E-state index contributed by atoms with van der Waals surface area (Å²) in [5.41, 5.74) is 0. The molecule has 0 spiro atoms. The number of aliphatic carboxylic acids is 1. The summed E-state index contributed by atoms with van der Waals surface area (Å²) in [6.45, 7) is 7.26. The predicted octanol–water partition coefficient (Wildman–Crippen LogP) is 1.54. The van der Waals surface area contributed by atoms with Gasteiger partial charge in [0.05, 0.1) is 13.0 Å². The molecule has 0 heterocycles. The number of amides is 2. The second-order valence-electron chi connectivity index (χ2n) is 3.79. The van der Waals surface area contributed by atoms with Gasteiger partial charge >= 0.3 is 12.0 Å². The zero-order valence-corrected chi connectivity index (χ0v) is 10.2. The Kier molecular flexibility index (Phi) is 6.56. The van der Waals surface area contributed by atoms with Crippen molar-refractivity contribution in [2.24, 2.45) is 5.92 Å². The third-order valence-electron chi connectivity index (χ3n) is 1.96. The molecule has 1 unspecified atom stereocenters. The second kappa shape index (κ2) is 7.11. The first-order valence-corrected chi connectivity index (χ1v) is 5.30. The fourth-order valence-electron chi connectivity index (χ4n) is 1.04. The van der Waals surface area contributed by atoms with Gasteiger partial charge in [-0.15, -0.1) is 0 Å². The van der Waals surface area contributed by atoms with Crippen molar-refractivity contribution in [2.45, 2.75) is 26.3 Å². The average molecular weight is 249 g/mol. The summed E-state index contributed by atoms with van der Waals surface area (Å²) in [4.78, 5) is 21.9. The summed E-state index contributed by atoms with van der Waals surface area (Å²) < 4.78 is 0. The first-order chi connectivity index (χ1) is 7.32. The highest BCUT2D eigenvalue weighted by Gasteiger charge is 2.18. The number of nitrogens with one attached hydrogen (secondary N) is 2. The summed E-state index contributed by atoms with van der Waals surface area (Å²) in [5, 5.41) is 14.0. The van der Waals surface area contributed by atoms with Gasteiger partial charge in [-0.05, 0) is 5.92 Å². The quantitative estimate of drug-likeness (QED) is 0.667. The van der Waals surface area contributed by atoms with Crippen LogP contribution in [0.15, 0.2) is 11.6 Å². The third-order valence-corrected chi connectivity index (χ3v) is 2.09. The van der Waals surface area contributed by atoms with Crippen molar-refractivity contribution in [1.29, 1.82) is 0 Å². The number of carboxylic acids is 1. The molecule has 16 heavy (non-hydrogen) atoms. The van der Waals surface area contributed by atoms with Crippen molar-refractivity contribution in [1.82, 2.24) is 10.6 Å². The monoisotopic (exact) mass is 248 g/mol. The van der Waals surface area contributed by atoms with Crippen molar-refractivity contribution in [3.05, 3.63) is 11.6 Å². The summed E-state index contributed by atoms with van der Waals surface area (Å²) in [5.74, 6) is -0.901. The van der Waals surface area contributed by atoms with Crippen molar-refractivity contribution in [2.75, 3.05) is 6.54 Å². The van der Waals surface area contributed by atoms with E-state index in [1.807, 2.05) is 13.8 Å². The maximum atomic E-state index is 11.3. The first-order valence-electron chi connectivity index (χ1n) is 4.92. The Balaban J connectivity index is 4.13. The van der Waals surface area contributed by atoms with Crippen LogP contribution in [0.25, 0.3) is 0 Å². The van der Waals surface area contributed by atoms with Gasteiger partial charge in [0.1, 0.15) is 0 Å². The Labute approximate surface area is 99.9 Å². The second-order valence-corrected chi connectivity index (χ2v) is 4.33. The molecule has 2 amide bonds. The molecular formula is C10H17ClN2O3. The number of carboxylic acid groups (broad SMARTS) is 1. The van der Waals surface area contributed by atoms with Crippen LogP contribution in [0.2, 0.25) is 0 Å². The normalized spacial score (nSPS) is 12.0. The smallest absolute Gasteiger partial charge is 0.315 e. The van der Waals surface area contributed by atoms with Crippen LogP contribution in [0, 0.1) is 5.92 Å². The van der Waals surface area contributed by atoms with Crippen molar-refractivity contribution in [3.8, 4) is 0 Å². The summed E-state index contributed by atoms with van der Waals surface area (Å²) >= 11 is 5.47. The minimum atomic E-state index is -0.944. The first kappa shape index (κ1) is 14.8. The molecule has 0 rings (SSSR count). The Hall–Kier alpha value is -1.23. The molecule has 0 aliphatic carbocycles. The maximum Gasteiger partial charge on any atom is 0.315 e. The van der Waals surface area contributed by atoms with E-state index in [1.54, 1.807) is 0 Å². The van der Waals surface area contributed by atoms with Crippen LogP contribution in [-0.4, -0.2) is 29.7 Å². The number of urea groups is 1. The van der Waals surface area contributed by atoms with Crippen LogP contribution < -0.4 is 10.6 Å². The van der Waals surface area contributed by atoms with E-state index in [4.69, 9.17) is 16.7 Å². The van der Waals surface area contributed by atoms with Gasteiger partial charge in [-0.2, -0.15) is 0 Å². The van der Waals surface area contributed by atoms with Crippen LogP contribution in [0.4, 0.5) is 4.79 Å². The summed E-state index contributed by atoms with van der Waals surface area (Å²) in [6.07, 6.45) is -0.104. The fourth-order valence-corrected chi connectivity index (χ4v) is 1.10. The predicted molar refractivity (Wildman–Crippen MR) is 62.4 cm³/mol. The molecule has 1 atom stereocenters. The van der Waals surface area contributed by atoms with E-state index in [2.05, 4.69) is 17.2 Å². The molecule has 0 aromatic heterocycles. The largest absolute Gasteiger partial charge is 0.481 e. The number of carbonyl (C=O) groups excluding carboxylic acids is 1. The van der Waals surface area contributed by atoms with E-state index in [-0.39, 0.29) is 18.9 Å². The standard InChI is InChI=1S/C10H17ClN2O3/c1-6(2)8(4-9(14)15)13-10(16)12-5-7(3)11/h6,8H,3-5H2,1-2H3,(H,14,15)(H2,12,13,16). The van der Waals surface area contributed by atoms with Gasteiger partial charge in [0.2, 0.25) is 0 Å². The highest BCUT2D eigenvalue weighted by Crippen LogP contribution is 2.05. The van der Waals surface area contributed by atoms with Crippen molar-refractivity contribution < 1.29 is 14.7 Å². The Morgan fingerprint density at radius 1 is 1.44 bits per heavy atom. The number of hydrogen-bond acceptors (Lipinski definition) is 2. The number of halogens is 1. The molecule has 0 aliphatic heterocycles. The molecule has 0 bridgehead atoms. The zero-order chi connectivity index (χ0) is 12.7. The Morgan fingerprint density at radius 3 is 2.38 bits per heavy atom. The van der Waals surface area contributed by atoms with Gasteiger partial charge in [-0.25, -0.2) is 4.79 Å². The molecule has 6 heteroatoms. The summed E-state index contributed by atoms with van der Waals surface area (Å²) in [6, 6.07) is -0.845. The highest BCUT2D eigenvalue weighted by molar-refractivity contribution is 6.29. The SMILES string of the molecule is C=C(Cl)CNC(=O)NC(CC(=O)O)C(C)C. The van der Waals surface area contributed by atoms with E-state index in [0.717, 1.165) is 0 Å². The molecular weight excluding hydrogens is 232 g/mol. The lowest BCUT2D eigenvalue weighted by molar-refractivity contribution is -0.137. The highest BCUT2D eigenvalue weighted by atomic mass is 35.5. The van der Waals surface area contributed by atoms with Crippen LogP contribution >= 0.6 is 11.6 Å². The average Bonchev–Trinajstić information content (AvgIpc) is 2.12. The molecule has 0 aromatic rings. The van der Waals surface area contributed by atoms with E-state index < -0.39 is 18.0 Å². The van der Waals surface area contributed by atoms with Crippen LogP contribution in [0.3, 0.4) is 0 Å². The van der Waals surface area contributed by atoms with Crippen molar-refractivity contribution in [3.63, 3.8) is 0 Å². The minimum absolute atomic E-state index is 0.0426. The summed E-state index contributed by atoms with van der Waals surface area (Å²) in [7, 11) is 0. The van der Waals surface area contributed by atoms with E-state index >= 15 is 0 Å². The number of hydrogen-bond donors (Lipinski definition) is 3. The zero-order valence-electron chi connectivity index (χ0n) is 9.42. The number of carbonyl (C=O) groups is 2. The van der Waals surface area contributed by atoms with E-state index in [0.29, 0.717) is 5.03 Å². The van der Waals surface area contributed by atoms with Crippen molar-refractivity contribution >= 4 is 23.6 Å². The lowest BCUT2D eigenvalue weighted by Crippen LogP contribution is -2.45. The molecule has 0 saturated heterocycles. The Morgan fingerprint density at radius 2 is 2.00 bits per heavy atom. The van der Waals surface area contributed by atoms with Crippen LogP contribution in [0.1, 0.15) is 20.3 Å². The van der Waals surface area contributed by atoms with Gasteiger partial charge < -0.3 is 15.7 Å². The van der Waals surface area contributed by atoms with Crippen LogP contribution in [0.5, 0.6) is 0 Å². The molecule has 3 N–H and O–H groups in total. The third kappa shape index (κ3) is 7.11. The molecule has 0 saturated carbocycles. The lowest BCUT2D eigenvalue weighted by atomic mass is 10.0. The minimum Gasteiger partial charge on any atom is -0.481 e. The molecule has 0 aliphatic rings. The molecule has 5 nitrogen and oxygen atoms in total. The molecule has 92 valence electrons. The topological polar surface area (TPSA) is 78.4 Å². The molecule has 0 aromatic carbocycles. The van der Waals surface area contributed by atoms with E-state index in [1.165, 1.54) is 0 Å². The molecule has 0 radical (unpaired) electrons. The lowest BCUT2D eigenvalue weighted by Gasteiger charge is -2.20. The fraction of sp³-hybridized carbons (Fsp3) is 0.600. The van der Waals surface area contributed by atoms with Crippen LogP contribution in [-0.2, 0) is 4.79 Å². The Bertz CT molecular complexity index is 279. The molecule has 0 fully saturated rings. The van der Waals surface area contributed by atoms with Gasteiger partial charge in [-0.3, -0.25) is 4.79 Å². The van der Waals surface area contributed by atoms with Gasteiger partial charge in [-0.1, -0.05) is 32.0 Å². The van der Waals surface area contributed by atoms with E-state index in [9.17, 15) is 9.59 Å². The van der Waals surface area contributed by atoms with Gasteiger partial charge in [0, 0.05) is 11.1 Å².